The van der Waals surface area contributed by atoms with E-state index < -0.39 is 0 Å². The Bertz CT molecular complexity index is 189. The lowest BCUT2D eigenvalue weighted by atomic mass is 10.00. The third-order valence-electron chi connectivity index (χ3n) is 3.49. The predicted octanol–water partition coefficient (Wildman–Crippen LogP) is 4.13. The SMILES string of the molecule is CC[C@@H](C)CCCCC[C@H]1COC(C)(C)O1. The molecule has 1 aliphatic heterocycles. The second kappa shape index (κ2) is 6.61. The van der Waals surface area contributed by atoms with E-state index in [1.807, 2.05) is 13.8 Å². The quantitative estimate of drug-likeness (QED) is 0.610. The van der Waals surface area contributed by atoms with Gasteiger partial charge in [-0.2, -0.15) is 0 Å². The van der Waals surface area contributed by atoms with Gasteiger partial charge >= 0.3 is 0 Å². The van der Waals surface area contributed by atoms with Crippen molar-refractivity contribution in [1.82, 2.24) is 0 Å². The minimum absolute atomic E-state index is 0.332. The minimum atomic E-state index is -0.346. The number of hydrogen-bond acceptors (Lipinski definition) is 2. The summed E-state index contributed by atoms with van der Waals surface area (Å²) in [6.07, 6.45) is 8.16. The van der Waals surface area contributed by atoms with Gasteiger partial charge in [0.2, 0.25) is 0 Å². The Morgan fingerprint density at radius 1 is 1.25 bits per heavy atom. The highest BCUT2D eigenvalue weighted by atomic mass is 16.7. The molecule has 0 aromatic rings. The summed E-state index contributed by atoms with van der Waals surface area (Å²) >= 11 is 0. The van der Waals surface area contributed by atoms with Gasteiger partial charge in [-0.05, 0) is 26.2 Å². The van der Waals surface area contributed by atoms with Crippen molar-refractivity contribution < 1.29 is 9.47 Å². The minimum Gasteiger partial charge on any atom is -0.348 e. The smallest absolute Gasteiger partial charge is 0.163 e. The fourth-order valence-corrected chi connectivity index (χ4v) is 2.15. The molecule has 1 fully saturated rings. The standard InChI is InChI=1S/C14H28O2/c1-5-12(2)9-7-6-8-10-13-11-15-14(3,4)16-13/h12-13H,5-11H2,1-4H3/t12-,13+/m1/s1. The lowest BCUT2D eigenvalue weighted by Gasteiger charge is -2.17. The molecule has 0 saturated carbocycles. The van der Waals surface area contributed by atoms with Crippen molar-refractivity contribution >= 4 is 0 Å². The van der Waals surface area contributed by atoms with Gasteiger partial charge in [-0.1, -0.05) is 46.0 Å². The first-order valence-corrected chi connectivity index (χ1v) is 6.85. The molecule has 0 spiro atoms. The zero-order chi connectivity index (χ0) is 12.0. The highest BCUT2D eigenvalue weighted by Crippen LogP contribution is 2.25. The highest BCUT2D eigenvalue weighted by Gasteiger charge is 2.31. The molecule has 0 aliphatic carbocycles. The summed E-state index contributed by atoms with van der Waals surface area (Å²) < 4.78 is 11.3. The molecule has 0 aromatic carbocycles. The summed E-state index contributed by atoms with van der Waals surface area (Å²) in [5.74, 6) is 0.548. The van der Waals surface area contributed by atoms with Crippen LogP contribution in [0.4, 0.5) is 0 Å². The molecule has 96 valence electrons. The molecule has 0 bridgehead atoms. The molecule has 0 N–H and O–H groups in total. The number of unbranched alkanes of at least 4 members (excludes halogenated alkanes) is 2. The van der Waals surface area contributed by atoms with Crippen LogP contribution >= 0.6 is 0 Å². The molecular formula is C14H28O2. The van der Waals surface area contributed by atoms with Crippen LogP contribution in [0, 0.1) is 5.92 Å². The van der Waals surface area contributed by atoms with Crippen molar-refractivity contribution in [1.29, 1.82) is 0 Å². The largest absolute Gasteiger partial charge is 0.348 e. The van der Waals surface area contributed by atoms with Crippen LogP contribution in [0.25, 0.3) is 0 Å². The highest BCUT2D eigenvalue weighted by molar-refractivity contribution is 4.70. The number of hydrogen-bond donors (Lipinski definition) is 0. The maximum Gasteiger partial charge on any atom is 0.163 e. The molecule has 0 aromatic heterocycles. The van der Waals surface area contributed by atoms with Gasteiger partial charge in [-0.3, -0.25) is 0 Å². The first-order valence-electron chi connectivity index (χ1n) is 6.85. The molecule has 0 radical (unpaired) electrons. The van der Waals surface area contributed by atoms with Gasteiger partial charge in [-0.25, -0.2) is 0 Å². The van der Waals surface area contributed by atoms with E-state index in [1.54, 1.807) is 0 Å². The zero-order valence-corrected chi connectivity index (χ0v) is 11.4. The van der Waals surface area contributed by atoms with E-state index in [9.17, 15) is 0 Å². The Labute approximate surface area is 101 Å². The van der Waals surface area contributed by atoms with Gasteiger partial charge in [0.15, 0.2) is 5.79 Å². The van der Waals surface area contributed by atoms with Gasteiger partial charge in [0.1, 0.15) is 0 Å². The van der Waals surface area contributed by atoms with E-state index in [1.165, 1.54) is 32.1 Å². The fraction of sp³-hybridized carbons (Fsp3) is 1.00. The molecular weight excluding hydrogens is 200 g/mol. The topological polar surface area (TPSA) is 18.5 Å². The lowest BCUT2D eigenvalue weighted by Crippen LogP contribution is -2.21. The first-order chi connectivity index (χ1) is 7.53. The Morgan fingerprint density at radius 3 is 2.56 bits per heavy atom. The van der Waals surface area contributed by atoms with Gasteiger partial charge in [-0.15, -0.1) is 0 Å². The van der Waals surface area contributed by atoms with E-state index in [2.05, 4.69) is 13.8 Å². The Balaban J connectivity index is 1.96. The Morgan fingerprint density at radius 2 is 2.00 bits per heavy atom. The second-order valence-electron chi connectivity index (χ2n) is 5.60. The monoisotopic (exact) mass is 228 g/mol. The van der Waals surface area contributed by atoms with E-state index in [4.69, 9.17) is 9.47 Å². The summed E-state index contributed by atoms with van der Waals surface area (Å²) in [7, 11) is 0. The predicted molar refractivity (Wildman–Crippen MR) is 67.4 cm³/mol. The molecule has 2 heteroatoms. The summed E-state index contributed by atoms with van der Waals surface area (Å²) in [6.45, 7) is 9.39. The maximum absolute atomic E-state index is 5.78. The average Bonchev–Trinajstić information content (AvgIpc) is 2.57. The zero-order valence-electron chi connectivity index (χ0n) is 11.4. The third-order valence-corrected chi connectivity index (χ3v) is 3.49. The normalized spacial score (nSPS) is 25.9. The molecule has 16 heavy (non-hydrogen) atoms. The van der Waals surface area contributed by atoms with Crippen molar-refractivity contribution in [2.24, 2.45) is 5.92 Å². The van der Waals surface area contributed by atoms with Crippen LogP contribution in [0.2, 0.25) is 0 Å². The molecule has 1 rings (SSSR count). The van der Waals surface area contributed by atoms with Crippen LogP contribution in [-0.2, 0) is 9.47 Å². The van der Waals surface area contributed by atoms with Gasteiger partial charge in [0.05, 0.1) is 12.7 Å². The Hall–Kier alpha value is -0.0800. The van der Waals surface area contributed by atoms with Crippen LogP contribution < -0.4 is 0 Å². The fourth-order valence-electron chi connectivity index (χ4n) is 2.15. The van der Waals surface area contributed by atoms with Crippen molar-refractivity contribution in [2.75, 3.05) is 6.61 Å². The third kappa shape index (κ3) is 5.31. The Kier molecular flexibility index (Phi) is 5.77. The molecule has 1 heterocycles. The molecule has 2 atom stereocenters. The molecule has 1 aliphatic rings. The van der Waals surface area contributed by atoms with Crippen LogP contribution in [0.1, 0.15) is 66.2 Å². The van der Waals surface area contributed by atoms with Crippen molar-refractivity contribution in [3.63, 3.8) is 0 Å². The molecule has 0 unspecified atom stereocenters. The lowest BCUT2D eigenvalue weighted by molar-refractivity contribution is -0.139. The molecule has 1 saturated heterocycles. The van der Waals surface area contributed by atoms with Crippen molar-refractivity contribution in [3.8, 4) is 0 Å². The van der Waals surface area contributed by atoms with Crippen LogP contribution in [0.15, 0.2) is 0 Å². The van der Waals surface area contributed by atoms with Crippen LogP contribution in [-0.4, -0.2) is 18.5 Å². The van der Waals surface area contributed by atoms with Gasteiger partial charge in [0.25, 0.3) is 0 Å². The summed E-state index contributed by atoms with van der Waals surface area (Å²) in [4.78, 5) is 0. The van der Waals surface area contributed by atoms with Crippen molar-refractivity contribution in [3.05, 3.63) is 0 Å². The summed E-state index contributed by atoms with van der Waals surface area (Å²) in [5.41, 5.74) is 0. The van der Waals surface area contributed by atoms with Crippen LogP contribution in [0.3, 0.4) is 0 Å². The van der Waals surface area contributed by atoms with E-state index in [0.717, 1.165) is 18.9 Å². The molecule has 2 nitrogen and oxygen atoms in total. The van der Waals surface area contributed by atoms with Crippen molar-refractivity contribution in [2.45, 2.75) is 78.1 Å². The molecule has 0 amide bonds. The van der Waals surface area contributed by atoms with Crippen LogP contribution in [0.5, 0.6) is 0 Å². The van der Waals surface area contributed by atoms with E-state index in [0.29, 0.717) is 6.10 Å². The number of rotatable bonds is 7. The maximum atomic E-state index is 5.78. The summed E-state index contributed by atoms with van der Waals surface area (Å²) in [6, 6.07) is 0. The number of ether oxygens (including phenoxy) is 2. The average molecular weight is 228 g/mol. The van der Waals surface area contributed by atoms with Gasteiger partial charge in [0, 0.05) is 0 Å². The first kappa shape index (κ1) is 14.0. The van der Waals surface area contributed by atoms with E-state index >= 15 is 0 Å². The summed E-state index contributed by atoms with van der Waals surface area (Å²) in [5, 5.41) is 0. The van der Waals surface area contributed by atoms with Gasteiger partial charge < -0.3 is 9.47 Å². The second-order valence-corrected chi connectivity index (χ2v) is 5.60. The van der Waals surface area contributed by atoms with E-state index in [-0.39, 0.29) is 5.79 Å².